The van der Waals surface area contributed by atoms with E-state index in [9.17, 15) is 8.42 Å². The Balaban J connectivity index is 2.22. The largest absolute Gasteiger partial charge is 0.301 e. The fraction of sp³-hybridized carbons (Fsp3) is 1.00. The second-order valence-corrected chi connectivity index (χ2v) is 5.01. The highest BCUT2D eigenvalue weighted by Gasteiger charge is 2.22. The van der Waals surface area contributed by atoms with E-state index in [1.54, 1.807) is 6.92 Å². The van der Waals surface area contributed by atoms with Gasteiger partial charge in [-0.15, -0.1) is 0 Å². The van der Waals surface area contributed by atoms with Crippen LogP contribution >= 0.6 is 0 Å². The predicted molar refractivity (Wildman–Crippen MR) is 40.5 cm³/mol. The standard InChI is InChI=1S/C6H13NO2S/c1-2-10(8,9)5-7-6-3-4-6/h6-7H,2-5H2,1H3. The lowest BCUT2D eigenvalue weighted by atomic mass is 10.7. The van der Waals surface area contributed by atoms with Crippen molar-refractivity contribution >= 4 is 9.84 Å². The van der Waals surface area contributed by atoms with E-state index in [-0.39, 0.29) is 11.6 Å². The maximum atomic E-state index is 10.9. The van der Waals surface area contributed by atoms with Gasteiger partial charge in [0.25, 0.3) is 0 Å². The molecule has 0 unspecified atom stereocenters. The van der Waals surface area contributed by atoms with Crippen LogP contribution < -0.4 is 5.32 Å². The zero-order valence-electron chi connectivity index (χ0n) is 6.13. The summed E-state index contributed by atoms with van der Waals surface area (Å²) in [5.74, 6) is 0.404. The molecule has 0 amide bonds. The lowest BCUT2D eigenvalue weighted by molar-refractivity contribution is 0.587. The summed E-state index contributed by atoms with van der Waals surface area (Å²) in [7, 11) is -2.79. The number of sulfone groups is 1. The first-order chi connectivity index (χ1) is 4.64. The summed E-state index contributed by atoms with van der Waals surface area (Å²) in [6.07, 6.45) is 2.28. The van der Waals surface area contributed by atoms with Crippen molar-refractivity contribution in [1.29, 1.82) is 0 Å². The summed E-state index contributed by atoms with van der Waals surface area (Å²) >= 11 is 0. The van der Waals surface area contributed by atoms with Gasteiger partial charge in [0.15, 0.2) is 9.84 Å². The van der Waals surface area contributed by atoms with Gasteiger partial charge in [-0.25, -0.2) is 8.42 Å². The van der Waals surface area contributed by atoms with Gasteiger partial charge in [0, 0.05) is 11.8 Å². The van der Waals surface area contributed by atoms with Gasteiger partial charge in [-0.05, 0) is 12.8 Å². The van der Waals surface area contributed by atoms with Gasteiger partial charge in [0.2, 0.25) is 0 Å². The zero-order chi connectivity index (χ0) is 7.61. The molecular weight excluding hydrogens is 150 g/mol. The minimum Gasteiger partial charge on any atom is -0.301 e. The lowest BCUT2D eigenvalue weighted by Crippen LogP contribution is -2.25. The fourth-order valence-corrected chi connectivity index (χ4v) is 1.33. The molecule has 0 saturated heterocycles. The Kier molecular flexibility index (Phi) is 2.31. The molecule has 0 aromatic carbocycles. The third-order valence-corrected chi connectivity index (χ3v) is 3.10. The quantitative estimate of drug-likeness (QED) is 0.641. The molecule has 10 heavy (non-hydrogen) atoms. The van der Waals surface area contributed by atoms with Crippen LogP contribution in [-0.4, -0.2) is 26.1 Å². The lowest BCUT2D eigenvalue weighted by Gasteiger charge is -2.00. The molecule has 0 heterocycles. The van der Waals surface area contributed by atoms with Crippen molar-refractivity contribution in [2.24, 2.45) is 0 Å². The Morgan fingerprint density at radius 3 is 2.50 bits per heavy atom. The fourth-order valence-electron chi connectivity index (χ4n) is 0.634. The van der Waals surface area contributed by atoms with Crippen molar-refractivity contribution in [2.45, 2.75) is 25.8 Å². The molecule has 4 heteroatoms. The van der Waals surface area contributed by atoms with E-state index < -0.39 is 9.84 Å². The Labute approximate surface area is 61.7 Å². The van der Waals surface area contributed by atoms with Gasteiger partial charge in [0.1, 0.15) is 0 Å². The number of hydrogen-bond donors (Lipinski definition) is 1. The van der Waals surface area contributed by atoms with E-state index in [4.69, 9.17) is 0 Å². The minimum absolute atomic E-state index is 0.161. The second-order valence-electron chi connectivity index (χ2n) is 2.65. The maximum absolute atomic E-state index is 10.9. The van der Waals surface area contributed by atoms with Crippen LogP contribution in [0, 0.1) is 0 Å². The van der Waals surface area contributed by atoms with Gasteiger partial charge in [-0.1, -0.05) is 6.92 Å². The molecule has 1 N–H and O–H groups in total. The Morgan fingerprint density at radius 1 is 1.50 bits per heavy atom. The number of nitrogens with one attached hydrogen (secondary N) is 1. The Hall–Kier alpha value is -0.0900. The van der Waals surface area contributed by atoms with Crippen molar-refractivity contribution in [3.63, 3.8) is 0 Å². The monoisotopic (exact) mass is 163 g/mol. The van der Waals surface area contributed by atoms with Crippen LogP contribution in [-0.2, 0) is 9.84 Å². The minimum atomic E-state index is -2.79. The van der Waals surface area contributed by atoms with Crippen LogP contribution in [0.5, 0.6) is 0 Å². The highest BCUT2D eigenvalue weighted by Crippen LogP contribution is 2.18. The molecule has 1 aliphatic rings. The number of hydrogen-bond acceptors (Lipinski definition) is 3. The molecule has 60 valence electrons. The molecule has 0 atom stereocenters. The topological polar surface area (TPSA) is 46.2 Å². The van der Waals surface area contributed by atoms with Crippen molar-refractivity contribution in [3.8, 4) is 0 Å². The Morgan fingerprint density at radius 2 is 2.10 bits per heavy atom. The van der Waals surface area contributed by atoms with E-state index in [1.807, 2.05) is 0 Å². The summed E-state index contributed by atoms with van der Waals surface area (Å²) in [6, 6.07) is 0.487. The second kappa shape index (κ2) is 2.88. The summed E-state index contributed by atoms with van der Waals surface area (Å²) < 4.78 is 21.7. The van der Waals surface area contributed by atoms with E-state index in [2.05, 4.69) is 5.32 Å². The molecule has 0 aliphatic heterocycles. The normalized spacial score (nSPS) is 19.3. The van der Waals surface area contributed by atoms with E-state index in [1.165, 1.54) is 0 Å². The van der Waals surface area contributed by atoms with Crippen molar-refractivity contribution < 1.29 is 8.42 Å². The molecule has 0 spiro atoms. The van der Waals surface area contributed by atoms with Crippen LogP contribution in [0.15, 0.2) is 0 Å². The highest BCUT2D eigenvalue weighted by molar-refractivity contribution is 7.91. The van der Waals surface area contributed by atoms with Crippen molar-refractivity contribution in [1.82, 2.24) is 5.32 Å². The van der Waals surface area contributed by atoms with Gasteiger partial charge in [-0.2, -0.15) is 0 Å². The van der Waals surface area contributed by atoms with Crippen molar-refractivity contribution in [3.05, 3.63) is 0 Å². The third-order valence-electron chi connectivity index (χ3n) is 1.61. The molecule has 0 radical (unpaired) electrons. The molecule has 0 aromatic rings. The molecule has 1 rings (SSSR count). The van der Waals surface area contributed by atoms with Gasteiger partial charge < -0.3 is 5.32 Å². The smallest absolute Gasteiger partial charge is 0.162 e. The molecule has 1 fully saturated rings. The third kappa shape index (κ3) is 2.66. The maximum Gasteiger partial charge on any atom is 0.162 e. The highest BCUT2D eigenvalue weighted by atomic mass is 32.2. The SMILES string of the molecule is CCS(=O)(=O)CNC1CC1. The van der Waals surface area contributed by atoms with Gasteiger partial charge in [-0.3, -0.25) is 0 Å². The van der Waals surface area contributed by atoms with E-state index in [0.717, 1.165) is 12.8 Å². The zero-order valence-corrected chi connectivity index (χ0v) is 6.95. The summed E-state index contributed by atoms with van der Waals surface area (Å²) in [6.45, 7) is 1.67. The first-order valence-electron chi connectivity index (χ1n) is 3.58. The van der Waals surface area contributed by atoms with Crippen LogP contribution in [0.1, 0.15) is 19.8 Å². The van der Waals surface area contributed by atoms with Crippen LogP contribution in [0.2, 0.25) is 0 Å². The molecule has 1 aliphatic carbocycles. The average molecular weight is 163 g/mol. The van der Waals surface area contributed by atoms with Crippen LogP contribution in [0.3, 0.4) is 0 Å². The van der Waals surface area contributed by atoms with Crippen molar-refractivity contribution in [2.75, 3.05) is 11.6 Å². The summed E-state index contributed by atoms with van der Waals surface area (Å²) in [5.41, 5.74) is 0. The average Bonchev–Trinajstić information content (AvgIpc) is 2.66. The Bertz CT molecular complexity index is 194. The molecule has 0 aromatic heterocycles. The van der Waals surface area contributed by atoms with E-state index >= 15 is 0 Å². The van der Waals surface area contributed by atoms with Gasteiger partial charge in [0.05, 0.1) is 5.88 Å². The summed E-state index contributed by atoms with van der Waals surface area (Å²) in [5, 5.41) is 2.96. The first kappa shape index (κ1) is 8.01. The van der Waals surface area contributed by atoms with E-state index in [0.29, 0.717) is 6.04 Å². The van der Waals surface area contributed by atoms with Crippen LogP contribution in [0.4, 0.5) is 0 Å². The molecule has 1 saturated carbocycles. The molecule has 3 nitrogen and oxygen atoms in total. The predicted octanol–water partition coefficient (Wildman–Crippen LogP) is 0.131. The number of rotatable bonds is 4. The van der Waals surface area contributed by atoms with Gasteiger partial charge >= 0.3 is 0 Å². The first-order valence-corrected chi connectivity index (χ1v) is 5.40. The summed E-state index contributed by atoms with van der Waals surface area (Å²) in [4.78, 5) is 0. The molecular formula is C6H13NO2S. The molecule has 0 bridgehead atoms. The van der Waals surface area contributed by atoms with Crippen LogP contribution in [0.25, 0.3) is 0 Å².